The molecule has 4 rings (SSSR count). The normalized spacial score (nSPS) is 25.7. The molecule has 3 aliphatic rings. The van der Waals surface area contributed by atoms with Crippen molar-refractivity contribution in [1.29, 1.82) is 0 Å². The second-order valence-corrected chi connectivity index (χ2v) is 8.03. The second-order valence-electron chi connectivity index (χ2n) is 8.03. The molecule has 2 aliphatic heterocycles. The highest BCUT2D eigenvalue weighted by Crippen LogP contribution is 2.40. The summed E-state index contributed by atoms with van der Waals surface area (Å²) in [6, 6.07) is 6.69. The van der Waals surface area contributed by atoms with Gasteiger partial charge in [-0.2, -0.15) is 0 Å². The van der Waals surface area contributed by atoms with Gasteiger partial charge in [0.2, 0.25) is 17.7 Å². The topological polar surface area (TPSA) is 101 Å². The molecule has 4 amide bonds. The Balaban J connectivity index is 1.45. The van der Waals surface area contributed by atoms with Crippen molar-refractivity contribution in [3.05, 3.63) is 29.8 Å². The van der Waals surface area contributed by atoms with Crippen molar-refractivity contribution in [2.45, 2.75) is 38.5 Å². The van der Waals surface area contributed by atoms with E-state index in [0.29, 0.717) is 37.2 Å². The van der Waals surface area contributed by atoms with E-state index in [-0.39, 0.29) is 41.4 Å². The van der Waals surface area contributed by atoms with Crippen LogP contribution in [-0.2, 0) is 14.4 Å². The van der Waals surface area contributed by atoms with Gasteiger partial charge in [-0.3, -0.25) is 24.1 Å². The van der Waals surface area contributed by atoms with Gasteiger partial charge in [-0.1, -0.05) is 12.8 Å². The minimum atomic E-state index is -0.308. The van der Waals surface area contributed by atoms with E-state index in [0.717, 1.165) is 25.7 Å². The van der Waals surface area contributed by atoms with Crippen molar-refractivity contribution in [2.24, 2.45) is 23.5 Å². The van der Waals surface area contributed by atoms with Crippen molar-refractivity contribution < 1.29 is 19.2 Å². The molecule has 7 nitrogen and oxygen atoms in total. The van der Waals surface area contributed by atoms with Gasteiger partial charge in [0.1, 0.15) is 0 Å². The fourth-order valence-corrected chi connectivity index (χ4v) is 4.72. The number of nitrogens with zero attached hydrogens (tertiary/aromatic N) is 2. The molecule has 0 radical (unpaired) electrons. The molecule has 0 aromatic heterocycles. The third-order valence-corrected chi connectivity index (χ3v) is 6.40. The number of nitrogens with two attached hydrogens (primary N) is 1. The van der Waals surface area contributed by atoms with Crippen molar-refractivity contribution in [2.75, 3.05) is 18.0 Å². The first-order valence-corrected chi connectivity index (χ1v) is 10.0. The first-order chi connectivity index (χ1) is 13.5. The Morgan fingerprint density at radius 1 is 0.857 bits per heavy atom. The van der Waals surface area contributed by atoms with Gasteiger partial charge in [-0.15, -0.1) is 0 Å². The molecule has 1 aromatic carbocycles. The standard InChI is InChI=1S/C21H25N3O4/c22-18(25)13-9-11-23(12-10-13)19(26)14-5-7-15(8-6-14)24-20(27)16-3-1-2-4-17(16)21(24)28/h5-8,13,16-17H,1-4,9-12H2,(H2,22,25)/t16-,17-/m0/s1. The van der Waals surface area contributed by atoms with E-state index >= 15 is 0 Å². The van der Waals surface area contributed by atoms with Crippen molar-refractivity contribution in [3.63, 3.8) is 0 Å². The quantitative estimate of drug-likeness (QED) is 0.803. The first kappa shape index (κ1) is 18.7. The van der Waals surface area contributed by atoms with E-state index in [2.05, 4.69) is 0 Å². The number of hydrogen-bond acceptors (Lipinski definition) is 4. The summed E-state index contributed by atoms with van der Waals surface area (Å²) >= 11 is 0. The highest BCUT2D eigenvalue weighted by Gasteiger charge is 2.48. The Bertz CT molecular complexity index is 787. The molecule has 2 saturated heterocycles. The summed E-state index contributed by atoms with van der Waals surface area (Å²) in [6.45, 7) is 1.00. The van der Waals surface area contributed by atoms with Crippen LogP contribution in [0.25, 0.3) is 0 Å². The molecule has 28 heavy (non-hydrogen) atoms. The molecule has 2 N–H and O–H groups in total. The van der Waals surface area contributed by atoms with Gasteiger partial charge in [0.15, 0.2) is 0 Å². The van der Waals surface area contributed by atoms with Crippen LogP contribution in [0, 0.1) is 17.8 Å². The third-order valence-electron chi connectivity index (χ3n) is 6.40. The summed E-state index contributed by atoms with van der Waals surface area (Å²) in [7, 11) is 0. The lowest BCUT2D eigenvalue weighted by Gasteiger charge is -2.30. The second kappa shape index (κ2) is 7.37. The summed E-state index contributed by atoms with van der Waals surface area (Å²) in [4.78, 5) is 52.4. The number of hydrogen-bond donors (Lipinski definition) is 1. The van der Waals surface area contributed by atoms with Crippen LogP contribution in [0.4, 0.5) is 5.69 Å². The zero-order chi connectivity index (χ0) is 19.8. The summed E-state index contributed by atoms with van der Waals surface area (Å²) < 4.78 is 0. The predicted octanol–water partition coefficient (Wildman–Crippen LogP) is 1.70. The van der Waals surface area contributed by atoms with Crippen LogP contribution in [-0.4, -0.2) is 41.6 Å². The molecular weight excluding hydrogens is 358 g/mol. The van der Waals surface area contributed by atoms with Crippen LogP contribution in [0.1, 0.15) is 48.9 Å². The monoisotopic (exact) mass is 383 g/mol. The molecule has 148 valence electrons. The van der Waals surface area contributed by atoms with Crippen LogP contribution >= 0.6 is 0 Å². The highest BCUT2D eigenvalue weighted by molar-refractivity contribution is 6.22. The average molecular weight is 383 g/mol. The Morgan fingerprint density at radius 3 is 1.89 bits per heavy atom. The number of amides is 4. The van der Waals surface area contributed by atoms with Gasteiger partial charge in [0, 0.05) is 24.6 Å². The number of imide groups is 1. The van der Waals surface area contributed by atoms with E-state index in [1.54, 1.807) is 29.2 Å². The Morgan fingerprint density at radius 2 is 1.39 bits per heavy atom. The van der Waals surface area contributed by atoms with Crippen LogP contribution in [0.15, 0.2) is 24.3 Å². The molecular formula is C21H25N3O4. The van der Waals surface area contributed by atoms with E-state index < -0.39 is 0 Å². The molecule has 7 heteroatoms. The maximum Gasteiger partial charge on any atom is 0.253 e. The molecule has 0 unspecified atom stereocenters. The largest absolute Gasteiger partial charge is 0.369 e. The summed E-state index contributed by atoms with van der Waals surface area (Å²) in [6.07, 6.45) is 4.71. The number of rotatable bonds is 3. The van der Waals surface area contributed by atoms with Gasteiger partial charge < -0.3 is 10.6 Å². The maximum absolute atomic E-state index is 12.7. The van der Waals surface area contributed by atoms with Crippen LogP contribution in [0.3, 0.4) is 0 Å². The van der Waals surface area contributed by atoms with E-state index in [1.165, 1.54) is 4.90 Å². The number of fused-ring (bicyclic) bond motifs is 1. The van der Waals surface area contributed by atoms with Gasteiger partial charge in [0.25, 0.3) is 5.91 Å². The average Bonchev–Trinajstić information content (AvgIpc) is 2.98. The summed E-state index contributed by atoms with van der Waals surface area (Å²) in [5.41, 5.74) is 6.39. The molecule has 1 saturated carbocycles. The number of benzene rings is 1. The van der Waals surface area contributed by atoms with E-state index in [9.17, 15) is 19.2 Å². The smallest absolute Gasteiger partial charge is 0.253 e. The number of anilines is 1. The predicted molar refractivity (Wildman–Crippen MR) is 102 cm³/mol. The van der Waals surface area contributed by atoms with Crippen LogP contribution in [0.5, 0.6) is 0 Å². The van der Waals surface area contributed by atoms with Crippen molar-refractivity contribution in [1.82, 2.24) is 4.90 Å². The molecule has 3 fully saturated rings. The van der Waals surface area contributed by atoms with Gasteiger partial charge in [-0.25, -0.2) is 0 Å². The maximum atomic E-state index is 12.7. The Kier molecular flexibility index (Phi) is 4.91. The van der Waals surface area contributed by atoms with Crippen LogP contribution < -0.4 is 10.6 Å². The fraction of sp³-hybridized carbons (Fsp3) is 0.524. The van der Waals surface area contributed by atoms with E-state index in [1.807, 2.05) is 0 Å². The highest BCUT2D eigenvalue weighted by atomic mass is 16.2. The number of carbonyl (C=O) groups is 4. The first-order valence-electron chi connectivity index (χ1n) is 10.0. The molecule has 1 aliphatic carbocycles. The summed E-state index contributed by atoms with van der Waals surface area (Å²) in [5.74, 6) is -1.17. The third kappa shape index (κ3) is 3.19. The zero-order valence-corrected chi connectivity index (χ0v) is 15.8. The number of likely N-dealkylation sites (tertiary alicyclic amines) is 1. The van der Waals surface area contributed by atoms with Gasteiger partial charge in [0.05, 0.1) is 17.5 Å². The molecule has 2 atom stereocenters. The lowest BCUT2D eigenvalue weighted by molar-refractivity contribution is -0.123. The minimum Gasteiger partial charge on any atom is -0.369 e. The Hall–Kier alpha value is -2.70. The lowest BCUT2D eigenvalue weighted by atomic mass is 9.81. The van der Waals surface area contributed by atoms with Gasteiger partial charge >= 0.3 is 0 Å². The van der Waals surface area contributed by atoms with Crippen molar-refractivity contribution >= 4 is 29.3 Å². The minimum absolute atomic E-state index is 0.109. The zero-order valence-electron chi connectivity index (χ0n) is 15.8. The number of primary amides is 1. The van der Waals surface area contributed by atoms with Crippen molar-refractivity contribution in [3.8, 4) is 0 Å². The molecule has 0 bridgehead atoms. The number of carbonyl (C=O) groups excluding carboxylic acids is 4. The SMILES string of the molecule is NC(=O)C1CCN(C(=O)c2ccc(N3C(=O)[C@H]4CCCC[C@@H]4C3=O)cc2)CC1. The van der Waals surface area contributed by atoms with Crippen LogP contribution in [0.2, 0.25) is 0 Å². The fourth-order valence-electron chi connectivity index (χ4n) is 4.72. The molecule has 0 spiro atoms. The number of piperidine rings is 1. The van der Waals surface area contributed by atoms with E-state index in [4.69, 9.17) is 5.73 Å². The Labute approximate surface area is 163 Å². The molecule has 1 aromatic rings. The lowest BCUT2D eigenvalue weighted by Crippen LogP contribution is -2.41. The van der Waals surface area contributed by atoms with Gasteiger partial charge in [-0.05, 0) is 49.9 Å². The summed E-state index contributed by atoms with van der Waals surface area (Å²) in [5, 5.41) is 0. The molecule has 2 heterocycles.